The van der Waals surface area contributed by atoms with Crippen molar-refractivity contribution in [1.82, 2.24) is 10.3 Å². The summed E-state index contributed by atoms with van der Waals surface area (Å²) in [5.74, 6) is -1.32. The van der Waals surface area contributed by atoms with Gasteiger partial charge in [-0.25, -0.2) is 4.98 Å². The van der Waals surface area contributed by atoms with E-state index in [0.717, 1.165) is 15.4 Å². The molecule has 0 amide bonds. The van der Waals surface area contributed by atoms with Crippen LogP contribution in [0.25, 0.3) is 0 Å². The molecule has 0 fully saturated rings. The van der Waals surface area contributed by atoms with Crippen LogP contribution in [-0.2, 0) is 11.3 Å². The highest BCUT2D eigenvalue weighted by atomic mass is 32.1. The normalized spacial score (nSPS) is 12.3. The molecule has 1 atom stereocenters. The molecule has 19 heavy (non-hydrogen) atoms. The maximum absolute atomic E-state index is 11.3. The van der Waals surface area contributed by atoms with Crippen LogP contribution in [0.3, 0.4) is 0 Å². The van der Waals surface area contributed by atoms with Crippen LogP contribution in [0.1, 0.15) is 21.4 Å². The van der Waals surface area contributed by atoms with Crippen molar-refractivity contribution in [3.8, 4) is 0 Å². The molecule has 0 aliphatic carbocycles. The van der Waals surface area contributed by atoms with Crippen molar-refractivity contribution in [2.24, 2.45) is 0 Å². The maximum atomic E-state index is 11.3. The van der Waals surface area contributed by atoms with Crippen molar-refractivity contribution in [3.63, 3.8) is 0 Å². The Morgan fingerprint density at radius 3 is 2.74 bits per heavy atom. The molecule has 2 aromatic rings. The van der Waals surface area contributed by atoms with Crippen molar-refractivity contribution in [2.45, 2.75) is 19.4 Å². The SMILES string of the molecule is Cc1ncc(CNCC(C(=O)O)c2ccccc2)s1. The number of carboxylic acids is 1. The first-order valence-corrected chi connectivity index (χ1v) is 6.88. The van der Waals surface area contributed by atoms with Gasteiger partial charge < -0.3 is 10.4 Å². The molecular formula is C14H16N2O2S. The third-order valence-corrected chi connectivity index (χ3v) is 3.73. The number of nitrogens with one attached hydrogen (secondary N) is 1. The summed E-state index contributed by atoms with van der Waals surface area (Å²) in [5.41, 5.74) is 0.822. The number of aromatic nitrogens is 1. The molecule has 0 saturated heterocycles. The lowest BCUT2D eigenvalue weighted by atomic mass is 9.99. The van der Waals surface area contributed by atoms with Crippen LogP contribution in [-0.4, -0.2) is 22.6 Å². The Kier molecular flexibility index (Phi) is 4.65. The number of hydrogen-bond donors (Lipinski definition) is 2. The van der Waals surface area contributed by atoms with Crippen molar-refractivity contribution >= 4 is 17.3 Å². The van der Waals surface area contributed by atoms with Crippen LogP contribution in [0.2, 0.25) is 0 Å². The molecule has 0 radical (unpaired) electrons. The third kappa shape index (κ3) is 3.87. The average molecular weight is 276 g/mol. The van der Waals surface area contributed by atoms with Crippen molar-refractivity contribution in [1.29, 1.82) is 0 Å². The summed E-state index contributed by atoms with van der Waals surface area (Å²) in [4.78, 5) is 16.6. The van der Waals surface area contributed by atoms with E-state index in [0.29, 0.717) is 13.1 Å². The van der Waals surface area contributed by atoms with Crippen LogP contribution >= 0.6 is 11.3 Å². The zero-order valence-corrected chi connectivity index (χ0v) is 11.5. The lowest BCUT2D eigenvalue weighted by molar-refractivity contribution is -0.138. The van der Waals surface area contributed by atoms with Crippen molar-refractivity contribution < 1.29 is 9.90 Å². The number of hydrogen-bond acceptors (Lipinski definition) is 4. The number of carboxylic acid groups (broad SMARTS) is 1. The number of aryl methyl sites for hydroxylation is 1. The van der Waals surface area contributed by atoms with Gasteiger partial charge in [-0.3, -0.25) is 4.79 Å². The highest BCUT2D eigenvalue weighted by Crippen LogP contribution is 2.16. The van der Waals surface area contributed by atoms with E-state index in [-0.39, 0.29) is 0 Å². The molecule has 0 saturated carbocycles. The van der Waals surface area contributed by atoms with Gasteiger partial charge in [0.2, 0.25) is 0 Å². The highest BCUT2D eigenvalue weighted by molar-refractivity contribution is 7.11. The minimum absolute atomic E-state index is 0.413. The summed E-state index contributed by atoms with van der Waals surface area (Å²) >= 11 is 1.62. The summed E-state index contributed by atoms with van der Waals surface area (Å²) in [7, 11) is 0. The van der Waals surface area contributed by atoms with E-state index >= 15 is 0 Å². The zero-order chi connectivity index (χ0) is 13.7. The van der Waals surface area contributed by atoms with Gasteiger partial charge in [-0.1, -0.05) is 30.3 Å². The Labute approximate surface area is 116 Å². The standard InChI is InChI=1S/C14H16N2O2S/c1-10-16-8-12(19-10)7-15-9-13(14(17)18)11-5-3-2-4-6-11/h2-6,8,13,15H,7,9H2,1H3,(H,17,18). The minimum atomic E-state index is -0.806. The monoisotopic (exact) mass is 276 g/mol. The van der Waals surface area contributed by atoms with E-state index in [1.165, 1.54) is 0 Å². The molecule has 1 unspecified atom stereocenters. The van der Waals surface area contributed by atoms with Gasteiger partial charge in [-0.05, 0) is 12.5 Å². The highest BCUT2D eigenvalue weighted by Gasteiger charge is 2.18. The average Bonchev–Trinajstić information content (AvgIpc) is 2.81. The van der Waals surface area contributed by atoms with Gasteiger partial charge in [0.25, 0.3) is 0 Å². The van der Waals surface area contributed by atoms with Gasteiger partial charge in [0.15, 0.2) is 0 Å². The van der Waals surface area contributed by atoms with E-state index in [4.69, 9.17) is 0 Å². The van der Waals surface area contributed by atoms with E-state index in [1.807, 2.05) is 43.5 Å². The quantitative estimate of drug-likeness (QED) is 0.850. The summed E-state index contributed by atoms with van der Waals surface area (Å²) in [6, 6.07) is 9.29. The molecular weight excluding hydrogens is 260 g/mol. The molecule has 2 rings (SSSR count). The lowest BCUT2D eigenvalue weighted by Gasteiger charge is -2.13. The Balaban J connectivity index is 1.93. The zero-order valence-electron chi connectivity index (χ0n) is 10.7. The minimum Gasteiger partial charge on any atom is -0.481 e. The largest absolute Gasteiger partial charge is 0.481 e. The number of thiazole rings is 1. The van der Waals surface area contributed by atoms with Gasteiger partial charge in [0.1, 0.15) is 0 Å². The van der Waals surface area contributed by atoms with Crippen LogP contribution in [0.5, 0.6) is 0 Å². The fourth-order valence-corrected chi connectivity index (χ4v) is 2.62. The number of aliphatic carboxylic acids is 1. The van der Waals surface area contributed by atoms with Gasteiger partial charge in [0.05, 0.1) is 10.9 Å². The number of nitrogens with zero attached hydrogens (tertiary/aromatic N) is 1. The molecule has 1 aromatic heterocycles. The van der Waals surface area contributed by atoms with Gasteiger partial charge in [-0.2, -0.15) is 0 Å². The van der Waals surface area contributed by atoms with Crippen LogP contribution in [0.15, 0.2) is 36.5 Å². The molecule has 5 heteroatoms. The molecule has 0 bridgehead atoms. The molecule has 0 aliphatic heterocycles. The summed E-state index contributed by atoms with van der Waals surface area (Å²) in [6.07, 6.45) is 1.82. The first-order chi connectivity index (χ1) is 9.16. The Morgan fingerprint density at radius 2 is 2.16 bits per heavy atom. The molecule has 1 heterocycles. The number of carbonyl (C=O) groups is 1. The molecule has 100 valence electrons. The van der Waals surface area contributed by atoms with Crippen molar-refractivity contribution in [3.05, 3.63) is 52.0 Å². The van der Waals surface area contributed by atoms with E-state index in [1.54, 1.807) is 11.3 Å². The number of benzene rings is 1. The first kappa shape index (κ1) is 13.7. The van der Waals surface area contributed by atoms with Crippen LogP contribution in [0, 0.1) is 6.92 Å². The van der Waals surface area contributed by atoms with E-state index in [9.17, 15) is 9.90 Å². The summed E-state index contributed by atoms with van der Waals surface area (Å²) < 4.78 is 0. The molecule has 4 nitrogen and oxygen atoms in total. The maximum Gasteiger partial charge on any atom is 0.312 e. The smallest absolute Gasteiger partial charge is 0.312 e. The molecule has 0 aliphatic rings. The van der Waals surface area contributed by atoms with E-state index in [2.05, 4.69) is 10.3 Å². The molecule has 1 aromatic carbocycles. The predicted molar refractivity (Wildman–Crippen MR) is 75.4 cm³/mol. The number of rotatable bonds is 6. The summed E-state index contributed by atoms with van der Waals surface area (Å²) in [6.45, 7) is 3.02. The third-order valence-electron chi connectivity index (χ3n) is 2.82. The second-order valence-electron chi connectivity index (χ2n) is 4.28. The fourth-order valence-electron chi connectivity index (χ4n) is 1.86. The van der Waals surface area contributed by atoms with E-state index < -0.39 is 11.9 Å². The van der Waals surface area contributed by atoms with Crippen LogP contribution < -0.4 is 5.32 Å². The second-order valence-corrected chi connectivity index (χ2v) is 5.60. The first-order valence-electron chi connectivity index (χ1n) is 6.06. The van der Waals surface area contributed by atoms with Gasteiger partial charge in [-0.15, -0.1) is 11.3 Å². The second kappa shape index (κ2) is 6.45. The molecule has 2 N–H and O–H groups in total. The predicted octanol–water partition coefficient (Wildman–Crippen LogP) is 2.41. The van der Waals surface area contributed by atoms with Crippen molar-refractivity contribution in [2.75, 3.05) is 6.54 Å². The molecule has 0 spiro atoms. The van der Waals surface area contributed by atoms with Gasteiger partial charge >= 0.3 is 5.97 Å². The van der Waals surface area contributed by atoms with Gasteiger partial charge in [0, 0.05) is 24.2 Å². The fraction of sp³-hybridized carbons (Fsp3) is 0.286. The summed E-state index contributed by atoms with van der Waals surface area (Å²) in [5, 5.41) is 13.5. The Hall–Kier alpha value is -1.72. The van der Waals surface area contributed by atoms with Crippen LogP contribution in [0.4, 0.5) is 0 Å². The Morgan fingerprint density at radius 1 is 1.42 bits per heavy atom. The Bertz CT molecular complexity index is 539. The topological polar surface area (TPSA) is 62.2 Å². The lowest BCUT2D eigenvalue weighted by Crippen LogP contribution is -2.26.